The summed E-state index contributed by atoms with van der Waals surface area (Å²) < 4.78 is 0. The number of fused-ring (bicyclic) bond motifs is 1. The molecule has 2 aromatic heterocycles. The number of anilines is 1. The minimum atomic E-state index is 0.246. The zero-order valence-electron chi connectivity index (χ0n) is 10.7. The number of nitrogens with one attached hydrogen (secondary N) is 2. The van der Waals surface area contributed by atoms with Gasteiger partial charge in [0.05, 0.1) is 11.6 Å². The summed E-state index contributed by atoms with van der Waals surface area (Å²) in [6, 6.07) is 0.438. The molecule has 1 saturated carbocycles. The van der Waals surface area contributed by atoms with Crippen LogP contribution in [0.3, 0.4) is 0 Å². The molecule has 0 amide bonds. The number of halogens is 1. The van der Waals surface area contributed by atoms with E-state index in [4.69, 9.17) is 11.6 Å². The summed E-state index contributed by atoms with van der Waals surface area (Å²) >= 11 is 7.88. The number of hydrogen-bond acceptors (Lipinski definition) is 5. The van der Waals surface area contributed by atoms with Gasteiger partial charge in [0, 0.05) is 11.3 Å². The van der Waals surface area contributed by atoms with Gasteiger partial charge in [-0.25, -0.2) is 0 Å². The summed E-state index contributed by atoms with van der Waals surface area (Å²) in [6.45, 7) is 0. The van der Waals surface area contributed by atoms with E-state index in [1.54, 1.807) is 6.20 Å². The summed E-state index contributed by atoms with van der Waals surface area (Å²) in [5.41, 5.74) is 0.680. The van der Waals surface area contributed by atoms with Crippen molar-refractivity contribution in [2.75, 3.05) is 11.6 Å². The summed E-state index contributed by atoms with van der Waals surface area (Å²) in [5, 5.41) is 12.1. The summed E-state index contributed by atoms with van der Waals surface area (Å²) in [6.07, 6.45) is 8.92. The number of nitrogens with zero attached hydrogens (tertiary/aromatic N) is 3. The molecule has 1 aliphatic rings. The average Bonchev–Trinajstić information content (AvgIpc) is 2.87. The first-order valence-corrected chi connectivity index (χ1v) is 8.10. The molecule has 2 atom stereocenters. The third-order valence-electron chi connectivity index (χ3n) is 3.61. The van der Waals surface area contributed by atoms with E-state index in [1.807, 2.05) is 11.8 Å². The van der Waals surface area contributed by atoms with Gasteiger partial charge in [0.15, 0.2) is 5.65 Å². The molecule has 102 valence electrons. The molecule has 0 bridgehead atoms. The van der Waals surface area contributed by atoms with Crippen molar-refractivity contribution < 1.29 is 0 Å². The summed E-state index contributed by atoms with van der Waals surface area (Å²) in [4.78, 5) is 8.43. The largest absolute Gasteiger partial charge is 0.365 e. The van der Waals surface area contributed by atoms with Gasteiger partial charge >= 0.3 is 0 Å². The lowest BCUT2D eigenvalue weighted by Crippen LogP contribution is -2.34. The van der Waals surface area contributed by atoms with E-state index in [9.17, 15) is 0 Å². The second-order valence-electron chi connectivity index (χ2n) is 4.78. The molecular formula is C12H16ClN5S. The Morgan fingerprint density at radius 1 is 1.37 bits per heavy atom. The number of aromatic nitrogens is 4. The molecule has 0 spiro atoms. The predicted octanol–water partition coefficient (Wildman–Crippen LogP) is 3.09. The van der Waals surface area contributed by atoms with Crippen molar-refractivity contribution in [3.05, 3.63) is 11.5 Å². The van der Waals surface area contributed by atoms with Crippen molar-refractivity contribution >= 4 is 40.2 Å². The van der Waals surface area contributed by atoms with Crippen molar-refractivity contribution in [2.45, 2.75) is 37.0 Å². The first-order chi connectivity index (χ1) is 9.28. The fraction of sp³-hybridized carbons (Fsp3) is 0.583. The van der Waals surface area contributed by atoms with Crippen LogP contribution in [0.25, 0.3) is 11.0 Å². The highest BCUT2D eigenvalue weighted by Gasteiger charge is 2.25. The molecule has 2 heterocycles. The maximum Gasteiger partial charge on any atom is 0.226 e. The van der Waals surface area contributed by atoms with Crippen LogP contribution < -0.4 is 5.32 Å². The highest BCUT2D eigenvalue weighted by Crippen LogP contribution is 2.30. The van der Waals surface area contributed by atoms with Crippen LogP contribution >= 0.6 is 23.4 Å². The monoisotopic (exact) mass is 297 g/mol. The number of H-pyrrole nitrogens is 1. The van der Waals surface area contributed by atoms with Crippen LogP contribution in [-0.4, -0.2) is 37.7 Å². The van der Waals surface area contributed by atoms with Crippen LogP contribution in [-0.2, 0) is 0 Å². The van der Waals surface area contributed by atoms with Crippen molar-refractivity contribution in [1.29, 1.82) is 0 Å². The predicted molar refractivity (Wildman–Crippen MR) is 79.9 cm³/mol. The number of aromatic amines is 1. The maximum atomic E-state index is 5.95. The fourth-order valence-electron chi connectivity index (χ4n) is 2.64. The average molecular weight is 298 g/mol. The number of thioether (sulfide) groups is 1. The topological polar surface area (TPSA) is 66.5 Å². The van der Waals surface area contributed by atoms with Gasteiger partial charge in [-0.1, -0.05) is 12.8 Å². The van der Waals surface area contributed by atoms with Crippen LogP contribution in [0.2, 0.25) is 5.28 Å². The van der Waals surface area contributed by atoms with Gasteiger partial charge in [-0.15, -0.1) is 0 Å². The molecule has 19 heavy (non-hydrogen) atoms. The standard InChI is InChI=1S/C12H16ClN5S/c1-19-9-5-3-2-4-8(9)15-10-7-6-14-18-11(7)17-12(13)16-10/h6,8-9H,2-5H2,1H3,(H2,14,15,16,17,18). The Morgan fingerprint density at radius 2 is 2.21 bits per heavy atom. The Morgan fingerprint density at radius 3 is 3.05 bits per heavy atom. The lowest BCUT2D eigenvalue weighted by Gasteiger charge is -2.31. The second-order valence-corrected chi connectivity index (χ2v) is 6.20. The van der Waals surface area contributed by atoms with Gasteiger partial charge < -0.3 is 5.32 Å². The van der Waals surface area contributed by atoms with Crippen molar-refractivity contribution in [3.63, 3.8) is 0 Å². The smallest absolute Gasteiger partial charge is 0.226 e. The fourth-order valence-corrected chi connectivity index (χ4v) is 3.74. The third-order valence-corrected chi connectivity index (χ3v) is 4.95. The van der Waals surface area contributed by atoms with Crippen molar-refractivity contribution in [2.24, 2.45) is 0 Å². The molecule has 0 saturated heterocycles. The lowest BCUT2D eigenvalue weighted by atomic mass is 9.95. The SMILES string of the molecule is CSC1CCCCC1Nc1nc(Cl)nc2[nH]ncc12. The summed E-state index contributed by atoms with van der Waals surface area (Å²) in [5.74, 6) is 0.787. The zero-order valence-corrected chi connectivity index (χ0v) is 12.3. The van der Waals surface area contributed by atoms with E-state index in [0.29, 0.717) is 16.9 Å². The molecule has 7 heteroatoms. The molecule has 0 aliphatic heterocycles. The third kappa shape index (κ3) is 2.65. The van der Waals surface area contributed by atoms with Gasteiger partial charge in [-0.2, -0.15) is 26.8 Å². The Labute approximate surface area is 120 Å². The highest BCUT2D eigenvalue weighted by atomic mass is 35.5. The summed E-state index contributed by atoms with van der Waals surface area (Å²) in [7, 11) is 0. The Kier molecular flexibility index (Phi) is 3.79. The van der Waals surface area contributed by atoms with Crippen LogP contribution in [0.1, 0.15) is 25.7 Å². The van der Waals surface area contributed by atoms with Gasteiger partial charge in [0.2, 0.25) is 5.28 Å². The molecule has 1 fully saturated rings. The van der Waals surface area contributed by atoms with Crippen LogP contribution in [0, 0.1) is 0 Å². The molecule has 1 aliphatic carbocycles. The molecule has 5 nitrogen and oxygen atoms in total. The van der Waals surface area contributed by atoms with Crippen LogP contribution in [0.4, 0.5) is 5.82 Å². The highest BCUT2D eigenvalue weighted by molar-refractivity contribution is 7.99. The Hall–Kier alpha value is -1.01. The van der Waals surface area contributed by atoms with Gasteiger partial charge in [0.25, 0.3) is 0 Å². The molecule has 2 aromatic rings. The molecule has 0 radical (unpaired) electrons. The Bertz CT molecular complexity index is 572. The van der Waals surface area contributed by atoms with Crippen LogP contribution in [0.5, 0.6) is 0 Å². The minimum absolute atomic E-state index is 0.246. The van der Waals surface area contributed by atoms with E-state index < -0.39 is 0 Å². The van der Waals surface area contributed by atoms with E-state index in [1.165, 1.54) is 25.7 Å². The molecule has 2 unspecified atom stereocenters. The zero-order chi connectivity index (χ0) is 13.2. The van der Waals surface area contributed by atoms with Crippen molar-refractivity contribution in [3.8, 4) is 0 Å². The number of hydrogen-bond donors (Lipinski definition) is 2. The van der Waals surface area contributed by atoms with E-state index in [-0.39, 0.29) is 5.28 Å². The molecule has 3 rings (SSSR count). The molecule has 2 N–H and O–H groups in total. The number of rotatable bonds is 3. The first-order valence-electron chi connectivity index (χ1n) is 6.44. The normalized spacial score (nSPS) is 23.7. The second kappa shape index (κ2) is 5.54. The Balaban J connectivity index is 1.89. The van der Waals surface area contributed by atoms with Gasteiger partial charge in [-0.3, -0.25) is 5.10 Å². The molecule has 0 aromatic carbocycles. The first kappa shape index (κ1) is 13.0. The lowest BCUT2D eigenvalue weighted by molar-refractivity contribution is 0.474. The van der Waals surface area contributed by atoms with E-state index in [0.717, 1.165) is 11.2 Å². The van der Waals surface area contributed by atoms with Crippen molar-refractivity contribution in [1.82, 2.24) is 20.2 Å². The van der Waals surface area contributed by atoms with E-state index in [2.05, 4.69) is 31.7 Å². The van der Waals surface area contributed by atoms with Gasteiger partial charge in [-0.05, 0) is 30.7 Å². The van der Waals surface area contributed by atoms with Gasteiger partial charge in [0.1, 0.15) is 5.82 Å². The molecular weight excluding hydrogens is 282 g/mol. The quantitative estimate of drug-likeness (QED) is 0.852. The maximum absolute atomic E-state index is 5.95. The van der Waals surface area contributed by atoms with Crippen LogP contribution in [0.15, 0.2) is 6.20 Å². The minimum Gasteiger partial charge on any atom is -0.365 e. The van der Waals surface area contributed by atoms with E-state index >= 15 is 0 Å².